The molecule has 0 radical (unpaired) electrons. The van der Waals surface area contributed by atoms with Gasteiger partial charge in [-0.2, -0.15) is 0 Å². The summed E-state index contributed by atoms with van der Waals surface area (Å²) in [6.45, 7) is 5.46. The summed E-state index contributed by atoms with van der Waals surface area (Å²) >= 11 is 6.42. The predicted molar refractivity (Wildman–Crippen MR) is 88.5 cm³/mol. The van der Waals surface area contributed by atoms with Crippen molar-refractivity contribution >= 4 is 11.6 Å². The number of aryl methyl sites for hydroxylation is 1. The Labute approximate surface area is 129 Å². The lowest BCUT2D eigenvalue weighted by atomic mass is 9.81. The van der Waals surface area contributed by atoms with E-state index in [1.165, 1.54) is 49.7 Å². The van der Waals surface area contributed by atoms with E-state index in [2.05, 4.69) is 37.4 Å². The summed E-state index contributed by atoms with van der Waals surface area (Å²) in [5.74, 6) is 0.827. The topological polar surface area (TPSA) is 12.0 Å². The number of hydrogen-bond acceptors (Lipinski definition) is 1. The number of halogens is 1. The maximum atomic E-state index is 6.42. The number of hydrogen-bond donors (Lipinski definition) is 1. The second-order valence-electron chi connectivity index (χ2n) is 6.26. The molecule has 2 heteroatoms. The first-order chi connectivity index (χ1) is 9.70. The SMILES string of the molecule is CCCNC(Cc1ccc(C)cc1Cl)C1CCCCC1. The second kappa shape index (κ2) is 8.05. The van der Waals surface area contributed by atoms with Crippen LogP contribution in [0.4, 0.5) is 0 Å². The zero-order valence-corrected chi connectivity index (χ0v) is 13.7. The minimum atomic E-state index is 0.593. The summed E-state index contributed by atoms with van der Waals surface area (Å²) in [7, 11) is 0. The van der Waals surface area contributed by atoms with Gasteiger partial charge in [-0.05, 0) is 62.3 Å². The average molecular weight is 294 g/mol. The highest BCUT2D eigenvalue weighted by Gasteiger charge is 2.23. The molecular formula is C18H28ClN. The van der Waals surface area contributed by atoms with E-state index in [0.29, 0.717) is 6.04 Å². The molecule has 1 nitrogen and oxygen atoms in total. The maximum Gasteiger partial charge on any atom is 0.0441 e. The van der Waals surface area contributed by atoms with Crippen molar-refractivity contribution in [1.29, 1.82) is 0 Å². The molecule has 0 spiro atoms. The van der Waals surface area contributed by atoms with E-state index in [0.717, 1.165) is 23.9 Å². The first-order valence-electron chi connectivity index (χ1n) is 8.19. The molecule has 1 aromatic carbocycles. The van der Waals surface area contributed by atoms with Crippen LogP contribution >= 0.6 is 11.6 Å². The molecule has 1 N–H and O–H groups in total. The Hall–Kier alpha value is -0.530. The first kappa shape index (κ1) is 15.9. The van der Waals surface area contributed by atoms with Crippen LogP contribution in [-0.4, -0.2) is 12.6 Å². The highest BCUT2D eigenvalue weighted by Crippen LogP contribution is 2.29. The molecule has 1 aliphatic rings. The van der Waals surface area contributed by atoms with Gasteiger partial charge >= 0.3 is 0 Å². The summed E-state index contributed by atoms with van der Waals surface area (Å²) in [6.07, 6.45) is 9.25. The van der Waals surface area contributed by atoms with Gasteiger partial charge in [-0.1, -0.05) is 49.9 Å². The van der Waals surface area contributed by atoms with Gasteiger partial charge in [-0.25, -0.2) is 0 Å². The molecule has 0 heterocycles. The number of benzene rings is 1. The van der Waals surface area contributed by atoms with E-state index in [-0.39, 0.29) is 0 Å². The van der Waals surface area contributed by atoms with E-state index < -0.39 is 0 Å². The largest absolute Gasteiger partial charge is 0.313 e. The number of rotatable bonds is 6. The summed E-state index contributed by atoms with van der Waals surface area (Å²) in [6, 6.07) is 7.07. The third kappa shape index (κ3) is 4.49. The van der Waals surface area contributed by atoms with Crippen molar-refractivity contribution < 1.29 is 0 Å². The third-order valence-electron chi connectivity index (χ3n) is 4.52. The molecule has 1 atom stereocenters. The van der Waals surface area contributed by atoms with Crippen LogP contribution < -0.4 is 5.32 Å². The lowest BCUT2D eigenvalue weighted by Gasteiger charge is -2.31. The van der Waals surface area contributed by atoms with Gasteiger partial charge in [0.15, 0.2) is 0 Å². The van der Waals surface area contributed by atoms with Gasteiger partial charge in [-0.3, -0.25) is 0 Å². The second-order valence-corrected chi connectivity index (χ2v) is 6.66. The van der Waals surface area contributed by atoms with Crippen molar-refractivity contribution in [3.63, 3.8) is 0 Å². The fourth-order valence-electron chi connectivity index (χ4n) is 3.33. The van der Waals surface area contributed by atoms with E-state index in [1.807, 2.05) is 0 Å². The Balaban J connectivity index is 2.05. The quantitative estimate of drug-likeness (QED) is 0.766. The minimum absolute atomic E-state index is 0.593. The first-order valence-corrected chi connectivity index (χ1v) is 8.57. The van der Waals surface area contributed by atoms with Crippen molar-refractivity contribution in [2.24, 2.45) is 5.92 Å². The highest BCUT2D eigenvalue weighted by molar-refractivity contribution is 6.31. The standard InChI is InChI=1S/C18H28ClN/c1-3-11-20-18(15-7-5-4-6-8-15)13-16-10-9-14(2)12-17(16)19/h9-10,12,15,18,20H,3-8,11,13H2,1-2H3. The molecule has 1 fully saturated rings. The Morgan fingerprint density at radius 3 is 2.65 bits per heavy atom. The van der Waals surface area contributed by atoms with Gasteiger partial charge < -0.3 is 5.32 Å². The summed E-state index contributed by atoms with van der Waals surface area (Å²) in [5.41, 5.74) is 2.55. The molecule has 2 rings (SSSR count). The van der Waals surface area contributed by atoms with Crippen LogP contribution in [0.1, 0.15) is 56.6 Å². The van der Waals surface area contributed by atoms with Crippen molar-refractivity contribution in [1.82, 2.24) is 5.32 Å². The van der Waals surface area contributed by atoms with Crippen LogP contribution in [-0.2, 0) is 6.42 Å². The third-order valence-corrected chi connectivity index (χ3v) is 4.88. The van der Waals surface area contributed by atoms with Crippen LogP contribution in [0.5, 0.6) is 0 Å². The normalized spacial score (nSPS) is 18.1. The molecule has 1 aliphatic carbocycles. The van der Waals surface area contributed by atoms with Crippen molar-refractivity contribution in [3.05, 3.63) is 34.3 Å². The summed E-state index contributed by atoms with van der Waals surface area (Å²) in [5, 5.41) is 4.71. The van der Waals surface area contributed by atoms with E-state index in [9.17, 15) is 0 Å². The smallest absolute Gasteiger partial charge is 0.0441 e. The molecule has 0 aromatic heterocycles. The Kier molecular flexibility index (Phi) is 6.38. The van der Waals surface area contributed by atoms with Crippen LogP contribution in [0.2, 0.25) is 5.02 Å². The molecule has 0 bridgehead atoms. The Bertz CT molecular complexity index is 410. The van der Waals surface area contributed by atoms with Gasteiger partial charge in [0.25, 0.3) is 0 Å². The highest BCUT2D eigenvalue weighted by atomic mass is 35.5. The zero-order chi connectivity index (χ0) is 14.4. The van der Waals surface area contributed by atoms with E-state index >= 15 is 0 Å². The maximum absolute atomic E-state index is 6.42. The van der Waals surface area contributed by atoms with Crippen molar-refractivity contribution in [2.75, 3.05) is 6.54 Å². The van der Waals surface area contributed by atoms with Crippen LogP contribution in [0.3, 0.4) is 0 Å². The molecule has 20 heavy (non-hydrogen) atoms. The van der Waals surface area contributed by atoms with Gasteiger partial charge in [0.2, 0.25) is 0 Å². The Morgan fingerprint density at radius 1 is 1.25 bits per heavy atom. The Morgan fingerprint density at radius 2 is 2.00 bits per heavy atom. The van der Waals surface area contributed by atoms with E-state index in [4.69, 9.17) is 11.6 Å². The van der Waals surface area contributed by atoms with Gasteiger partial charge in [-0.15, -0.1) is 0 Å². The zero-order valence-electron chi connectivity index (χ0n) is 12.9. The molecule has 1 unspecified atom stereocenters. The van der Waals surface area contributed by atoms with Gasteiger partial charge in [0, 0.05) is 11.1 Å². The lowest BCUT2D eigenvalue weighted by molar-refractivity contribution is 0.267. The predicted octanol–water partition coefficient (Wildman–Crippen LogP) is 5.14. The van der Waals surface area contributed by atoms with Gasteiger partial charge in [0.1, 0.15) is 0 Å². The molecule has 1 aromatic rings. The fraction of sp³-hybridized carbons (Fsp3) is 0.667. The average Bonchev–Trinajstić information content (AvgIpc) is 2.46. The molecule has 112 valence electrons. The summed E-state index contributed by atoms with van der Waals surface area (Å²) < 4.78 is 0. The van der Waals surface area contributed by atoms with Crippen LogP contribution in [0.25, 0.3) is 0 Å². The lowest BCUT2D eigenvalue weighted by Crippen LogP contribution is -2.39. The van der Waals surface area contributed by atoms with E-state index in [1.54, 1.807) is 0 Å². The van der Waals surface area contributed by atoms with Crippen molar-refractivity contribution in [2.45, 2.75) is 64.8 Å². The van der Waals surface area contributed by atoms with Crippen LogP contribution in [0.15, 0.2) is 18.2 Å². The number of nitrogens with one attached hydrogen (secondary N) is 1. The fourth-order valence-corrected chi connectivity index (χ4v) is 3.64. The molecule has 0 aliphatic heterocycles. The molecule has 1 saturated carbocycles. The summed E-state index contributed by atoms with van der Waals surface area (Å²) in [4.78, 5) is 0. The van der Waals surface area contributed by atoms with Crippen LogP contribution in [0, 0.1) is 12.8 Å². The van der Waals surface area contributed by atoms with Gasteiger partial charge in [0.05, 0.1) is 0 Å². The molecular weight excluding hydrogens is 266 g/mol. The molecule has 0 amide bonds. The monoisotopic (exact) mass is 293 g/mol. The molecule has 0 saturated heterocycles. The van der Waals surface area contributed by atoms with Crippen molar-refractivity contribution in [3.8, 4) is 0 Å². The minimum Gasteiger partial charge on any atom is -0.313 e.